The Kier molecular flexibility index (Phi) is 6.64. The average molecular weight is 487 g/mol. The molecule has 1 amide bonds. The number of benzene rings is 1. The van der Waals surface area contributed by atoms with Crippen LogP contribution in [0.3, 0.4) is 0 Å². The molecule has 2 aromatic heterocycles. The number of thiazole rings is 1. The van der Waals surface area contributed by atoms with Crippen LogP contribution in [0.2, 0.25) is 0 Å². The Bertz CT molecular complexity index is 1130. The minimum Gasteiger partial charge on any atom is -0.366 e. The fourth-order valence-electron chi connectivity index (χ4n) is 4.45. The molecule has 2 aliphatic heterocycles. The predicted octanol–water partition coefficient (Wildman–Crippen LogP) is 3.90. The molecule has 0 radical (unpaired) electrons. The summed E-state index contributed by atoms with van der Waals surface area (Å²) in [5, 5.41) is 1.81. The molecule has 4 heterocycles. The van der Waals surface area contributed by atoms with E-state index in [9.17, 15) is 9.18 Å². The topological polar surface area (TPSA) is 65.5 Å². The number of thioether (sulfide) groups is 1. The van der Waals surface area contributed by atoms with Gasteiger partial charge in [-0.05, 0) is 30.9 Å². The Labute approximate surface area is 201 Å². The number of aromatic nitrogens is 3. The second-order valence-electron chi connectivity index (χ2n) is 8.63. The van der Waals surface area contributed by atoms with Crippen LogP contribution in [0.25, 0.3) is 10.3 Å². The van der Waals surface area contributed by atoms with Gasteiger partial charge in [0.15, 0.2) is 10.8 Å². The average Bonchev–Trinajstić information content (AvgIpc) is 3.28. The van der Waals surface area contributed by atoms with Gasteiger partial charge in [0.05, 0.1) is 11.4 Å². The van der Waals surface area contributed by atoms with Crippen molar-refractivity contribution >= 4 is 50.2 Å². The number of amides is 1. The third-order valence-electron chi connectivity index (χ3n) is 6.23. The van der Waals surface area contributed by atoms with Gasteiger partial charge in [-0.1, -0.05) is 42.2 Å². The van der Waals surface area contributed by atoms with Crippen molar-refractivity contribution in [1.29, 1.82) is 0 Å². The van der Waals surface area contributed by atoms with Crippen molar-refractivity contribution in [3.8, 4) is 0 Å². The summed E-state index contributed by atoms with van der Waals surface area (Å²) in [5.41, 5.74) is 1.31. The number of para-hydroxylation sites is 1. The maximum atomic E-state index is 14.1. The second-order valence-corrected chi connectivity index (χ2v) is 10.6. The van der Waals surface area contributed by atoms with Crippen molar-refractivity contribution in [2.45, 2.75) is 24.8 Å². The summed E-state index contributed by atoms with van der Waals surface area (Å²) < 4.78 is 15.0. The van der Waals surface area contributed by atoms with Crippen LogP contribution in [0, 0.1) is 11.7 Å². The first-order valence-electron chi connectivity index (χ1n) is 11.3. The van der Waals surface area contributed by atoms with Gasteiger partial charge in [0, 0.05) is 39.3 Å². The lowest BCUT2D eigenvalue weighted by Crippen LogP contribution is -2.49. The number of hydrogen-bond acceptors (Lipinski definition) is 8. The van der Waals surface area contributed by atoms with Crippen LogP contribution in [0.1, 0.15) is 19.8 Å². The summed E-state index contributed by atoms with van der Waals surface area (Å²) in [7, 11) is 0. The van der Waals surface area contributed by atoms with Crippen molar-refractivity contribution in [3.05, 3.63) is 36.4 Å². The Morgan fingerprint density at radius 3 is 2.76 bits per heavy atom. The molecule has 0 unspecified atom stereocenters. The fraction of sp³-hybridized carbons (Fsp3) is 0.478. The van der Waals surface area contributed by atoms with Crippen molar-refractivity contribution in [2.24, 2.45) is 5.92 Å². The largest absolute Gasteiger partial charge is 0.366 e. The maximum Gasteiger partial charge on any atom is 0.233 e. The molecular weight excluding hydrogens is 459 g/mol. The SMILES string of the molecule is C[C@@H]1CCCN(c2nc3ncnc(SCC(=O)N4CCN(c5ccccc5F)CC4)c3s2)C1. The molecule has 7 nitrogen and oxygen atoms in total. The smallest absolute Gasteiger partial charge is 0.233 e. The minimum absolute atomic E-state index is 0.0783. The van der Waals surface area contributed by atoms with Gasteiger partial charge in [-0.2, -0.15) is 4.98 Å². The Morgan fingerprint density at radius 2 is 1.97 bits per heavy atom. The van der Waals surface area contributed by atoms with Gasteiger partial charge in [0.2, 0.25) is 5.91 Å². The van der Waals surface area contributed by atoms with Crippen molar-refractivity contribution in [1.82, 2.24) is 19.9 Å². The molecule has 0 saturated carbocycles. The van der Waals surface area contributed by atoms with E-state index < -0.39 is 0 Å². The van der Waals surface area contributed by atoms with Crippen LogP contribution in [-0.2, 0) is 4.79 Å². The number of rotatable bonds is 5. The molecule has 1 atom stereocenters. The van der Waals surface area contributed by atoms with E-state index in [-0.39, 0.29) is 11.7 Å². The molecule has 0 aliphatic carbocycles. The van der Waals surface area contributed by atoms with E-state index in [0.717, 1.165) is 27.9 Å². The number of fused-ring (bicyclic) bond motifs is 1. The molecule has 174 valence electrons. The maximum absolute atomic E-state index is 14.1. The quantitative estimate of drug-likeness (QED) is 0.400. The van der Waals surface area contributed by atoms with E-state index in [1.54, 1.807) is 23.5 Å². The van der Waals surface area contributed by atoms with Crippen LogP contribution < -0.4 is 9.80 Å². The minimum atomic E-state index is -0.219. The number of carbonyl (C=O) groups excluding carboxylic acids is 1. The van der Waals surface area contributed by atoms with Crippen LogP contribution >= 0.6 is 23.1 Å². The summed E-state index contributed by atoms with van der Waals surface area (Å²) in [5.74, 6) is 0.847. The number of piperidine rings is 1. The Hall–Kier alpha value is -2.46. The summed E-state index contributed by atoms with van der Waals surface area (Å²) >= 11 is 3.07. The summed E-state index contributed by atoms with van der Waals surface area (Å²) in [6.45, 7) is 6.76. The Morgan fingerprint density at radius 1 is 1.15 bits per heavy atom. The van der Waals surface area contributed by atoms with Crippen LogP contribution in [-0.4, -0.2) is 70.8 Å². The van der Waals surface area contributed by atoms with E-state index in [2.05, 4.69) is 21.8 Å². The third kappa shape index (κ3) is 4.91. The molecule has 2 aliphatic rings. The van der Waals surface area contributed by atoms with Crippen molar-refractivity contribution in [3.63, 3.8) is 0 Å². The molecule has 10 heteroatoms. The van der Waals surface area contributed by atoms with Crippen LogP contribution in [0.4, 0.5) is 15.2 Å². The first-order valence-corrected chi connectivity index (χ1v) is 13.2. The molecular formula is C23H27FN6OS2. The fourth-order valence-corrected chi connectivity index (χ4v) is 6.48. The van der Waals surface area contributed by atoms with Gasteiger partial charge in [0.1, 0.15) is 21.9 Å². The van der Waals surface area contributed by atoms with Crippen molar-refractivity contribution < 1.29 is 9.18 Å². The highest BCUT2D eigenvalue weighted by Gasteiger charge is 2.24. The lowest BCUT2D eigenvalue weighted by Gasteiger charge is -2.36. The van der Waals surface area contributed by atoms with Gasteiger partial charge >= 0.3 is 0 Å². The summed E-state index contributed by atoms with van der Waals surface area (Å²) in [4.78, 5) is 32.6. The van der Waals surface area contributed by atoms with Gasteiger partial charge in [-0.25, -0.2) is 14.4 Å². The molecule has 0 N–H and O–H groups in total. The van der Waals surface area contributed by atoms with E-state index in [4.69, 9.17) is 4.98 Å². The molecule has 5 rings (SSSR count). The number of hydrogen-bond donors (Lipinski definition) is 0. The number of halogens is 1. The molecule has 2 fully saturated rings. The van der Waals surface area contributed by atoms with E-state index in [0.29, 0.717) is 49.2 Å². The zero-order valence-electron chi connectivity index (χ0n) is 18.6. The van der Waals surface area contributed by atoms with Gasteiger partial charge in [-0.15, -0.1) is 0 Å². The predicted molar refractivity (Wildman–Crippen MR) is 132 cm³/mol. The molecule has 0 bridgehead atoms. The number of piperazine rings is 1. The lowest BCUT2D eigenvalue weighted by atomic mass is 10.0. The van der Waals surface area contributed by atoms with E-state index in [1.165, 1.54) is 37.0 Å². The summed E-state index contributed by atoms with van der Waals surface area (Å²) in [6, 6.07) is 6.80. The van der Waals surface area contributed by atoms with Crippen molar-refractivity contribution in [2.75, 3.05) is 54.8 Å². The first kappa shape index (κ1) is 22.3. The third-order valence-corrected chi connectivity index (χ3v) is 8.45. The molecule has 3 aromatic rings. The van der Waals surface area contributed by atoms with Gasteiger partial charge in [-0.3, -0.25) is 4.79 Å². The molecule has 33 heavy (non-hydrogen) atoms. The lowest BCUT2D eigenvalue weighted by molar-refractivity contribution is -0.128. The highest BCUT2D eigenvalue weighted by atomic mass is 32.2. The van der Waals surface area contributed by atoms with E-state index in [1.807, 2.05) is 15.9 Å². The number of nitrogens with zero attached hydrogens (tertiary/aromatic N) is 6. The van der Waals surface area contributed by atoms with Crippen LogP contribution in [0.5, 0.6) is 0 Å². The van der Waals surface area contributed by atoms with Crippen LogP contribution in [0.15, 0.2) is 35.6 Å². The second kappa shape index (κ2) is 9.80. The first-order chi connectivity index (χ1) is 16.1. The zero-order chi connectivity index (χ0) is 22.8. The standard InChI is InChI=1S/C23H27FN6OS2/c1-16-5-4-8-30(13-16)23-27-21-20(33-23)22(26-15-25-21)32-14-19(31)29-11-9-28(10-12-29)18-7-3-2-6-17(18)24/h2-3,6-7,15-16H,4-5,8-14H2,1H3/t16-/m1/s1. The zero-order valence-corrected chi connectivity index (χ0v) is 20.2. The Balaban J connectivity index is 1.20. The van der Waals surface area contributed by atoms with Gasteiger partial charge in [0.25, 0.3) is 0 Å². The number of carbonyl (C=O) groups is 1. The van der Waals surface area contributed by atoms with E-state index >= 15 is 0 Å². The molecule has 1 aromatic carbocycles. The monoisotopic (exact) mass is 486 g/mol. The highest BCUT2D eigenvalue weighted by molar-refractivity contribution is 8.00. The normalized spacial score (nSPS) is 19.3. The number of anilines is 2. The highest BCUT2D eigenvalue weighted by Crippen LogP contribution is 2.35. The summed E-state index contributed by atoms with van der Waals surface area (Å²) in [6.07, 6.45) is 3.98. The van der Waals surface area contributed by atoms with Gasteiger partial charge < -0.3 is 14.7 Å². The molecule has 0 spiro atoms. The molecule has 2 saturated heterocycles.